The summed E-state index contributed by atoms with van der Waals surface area (Å²) in [6.07, 6.45) is 1.23. The number of nitrogens with zero attached hydrogens (tertiary/aromatic N) is 1. The summed E-state index contributed by atoms with van der Waals surface area (Å²) in [5.41, 5.74) is 4.46. The van der Waals surface area contributed by atoms with Gasteiger partial charge in [-0.25, -0.2) is 4.98 Å². The summed E-state index contributed by atoms with van der Waals surface area (Å²) in [7, 11) is 0. The standard InChI is InChI=1S/C26H24N2OS/c29-25(17-24(21-12-6-2-7-13-21)22-14-8-3-9-15-22)27-18-23-19-30-26(28-23)16-20-10-4-1-5-11-20/h1-15,19,24H,16-18H2,(H,27,29). The van der Waals surface area contributed by atoms with E-state index in [-0.39, 0.29) is 11.8 Å². The van der Waals surface area contributed by atoms with E-state index in [0.29, 0.717) is 13.0 Å². The molecule has 1 aromatic heterocycles. The molecule has 4 aromatic rings. The van der Waals surface area contributed by atoms with Crippen LogP contribution in [0.4, 0.5) is 0 Å². The smallest absolute Gasteiger partial charge is 0.221 e. The Balaban J connectivity index is 1.37. The minimum absolute atomic E-state index is 0.0327. The number of hydrogen-bond donors (Lipinski definition) is 1. The Hall–Kier alpha value is -3.24. The molecule has 4 heteroatoms. The third kappa shape index (κ3) is 5.43. The van der Waals surface area contributed by atoms with Gasteiger partial charge < -0.3 is 5.32 Å². The number of nitrogens with one attached hydrogen (secondary N) is 1. The molecule has 3 nitrogen and oxygen atoms in total. The van der Waals surface area contributed by atoms with Crippen molar-refractivity contribution < 1.29 is 4.79 Å². The van der Waals surface area contributed by atoms with Crippen LogP contribution < -0.4 is 5.32 Å². The maximum atomic E-state index is 12.7. The molecule has 150 valence electrons. The van der Waals surface area contributed by atoms with Crippen molar-refractivity contribution >= 4 is 17.2 Å². The fourth-order valence-corrected chi connectivity index (χ4v) is 4.36. The predicted octanol–water partition coefficient (Wildman–Crippen LogP) is 5.57. The van der Waals surface area contributed by atoms with Gasteiger partial charge in [-0.3, -0.25) is 4.79 Å². The van der Waals surface area contributed by atoms with E-state index >= 15 is 0 Å². The second-order valence-electron chi connectivity index (χ2n) is 7.25. The lowest BCUT2D eigenvalue weighted by atomic mass is 9.88. The number of amides is 1. The molecule has 1 heterocycles. The zero-order chi connectivity index (χ0) is 20.6. The minimum Gasteiger partial charge on any atom is -0.350 e. The monoisotopic (exact) mass is 412 g/mol. The van der Waals surface area contributed by atoms with Crippen molar-refractivity contribution in [3.8, 4) is 0 Å². The summed E-state index contributed by atoms with van der Waals surface area (Å²) < 4.78 is 0. The number of hydrogen-bond acceptors (Lipinski definition) is 3. The molecule has 1 N–H and O–H groups in total. The number of aromatic nitrogens is 1. The van der Waals surface area contributed by atoms with E-state index in [1.807, 2.05) is 60.0 Å². The Labute approximate surface area is 181 Å². The Morgan fingerprint density at radius 3 is 2.00 bits per heavy atom. The van der Waals surface area contributed by atoms with Crippen LogP contribution in [0.15, 0.2) is 96.4 Å². The molecule has 0 bridgehead atoms. The highest BCUT2D eigenvalue weighted by Gasteiger charge is 2.18. The van der Waals surface area contributed by atoms with Crippen LogP contribution >= 0.6 is 11.3 Å². The number of thiazole rings is 1. The van der Waals surface area contributed by atoms with E-state index in [9.17, 15) is 4.79 Å². The van der Waals surface area contributed by atoms with Crippen molar-refractivity contribution in [2.45, 2.75) is 25.3 Å². The topological polar surface area (TPSA) is 42.0 Å². The highest BCUT2D eigenvalue weighted by Crippen LogP contribution is 2.27. The molecule has 0 aliphatic carbocycles. The molecular formula is C26H24N2OS. The van der Waals surface area contributed by atoms with Gasteiger partial charge in [0.05, 0.1) is 17.2 Å². The van der Waals surface area contributed by atoms with E-state index in [1.165, 1.54) is 5.56 Å². The molecule has 0 aliphatic rings. The van der Waals surface area contributed by atoms with Crippen molar-refractivity contribution in [3.63, 3.8) is 0 Å². The number of rotatable bonds is 8. The SMILES string of the molecule is O=C(CC(c1ccccc1)c1ccccc1)NCc1csc(Cc2ccccc2)n1. The van der Waals surface area contributed by atoms with Crippen molar-refractivity contribution in [2.24, 2.45) is 0 Å². The van der Waals surface area contributed by atoms with Crippen LogP contribution in [-0.4, -0.2) is 10.9 Å². The largest absolute Gasteiger partial charge is 0.350 e. The third-order valence-corrected chi connectivity index (χ3v) is 5.96. The van der Waals surface area contributed by atoms with Crippen LogP contribution in [-0.2, 0) is 17.8 Å². The lowest BCUT2D eigenvalue weighted by Crippen LogP contribution is -2.25. The van der Waals surface area contributed by atoms with E-state index in [1.54, 1.807) is 11.3 Å². The van der Waals surface area contributed by atoms with Crippen LogP contribution in [0.5, 0.6) is 0 Å². The van der Waals surface area contributed by atoms with Crippen molar-refractivity contribution in [3.05, 3.63) is 124 Å². The Bertz CT molecular complexity index is 1020. The van der Waals surface area contributed by atoms with Gasteiger partial charge >= 0.3 is 0 Å². The molecule has 0 fully saturated rings. The Kier molecular flexibility index (Phi) is 6.68. The second-order valence-corrected chi connectivity index (χ2v) is 8.19. The van der Waals surface area contributed by atoms with Gasteiger partial charge in [0, 0.05) is 24.1 Å². The molecule has 1 amide bonds. The summed E-state index contributed by atoms with van der Waals surface area (Å²) >= 11 is 1.64. The molecule has 0 unspecified atom stereocenters. The molecular weight excluding hydrogens is 388 g/mol. The van der Waals surface area contributed by atoms with Gasteiger partial charge in [0.2, 0.25) is 5.91 Å². The van der Waals surface area contributed by atoms with Gasteiger partial charge in [0.15, 0.2) is 0 Å². The van der Waals surface area contributed by atoms with Gasteiger partial charge in [0.25, 0.3) is 0 Å². The fourth-order valence-electron chi connectivity index (χ4n) is 3.53. The van der Waals surface area contributed by atoms with Gasteiger partial charge in [0.1, 0.15) is 0 Å². The van der Waals surface area contributed by atoms with E-state index in [2.05, 4.69) is 46.7 Å². The van der Waals surface area contributed by atoms with E-state index in [4.69, 9.17) is 0 Å². The quantitative estimate of drug-likeness (QED) is 0.411. The van der Waals surface area contributed by atoms with Gasteiger partial charge in [-0.05, 0) is 16.7 Å². The normalized spacial score (nSPS) is 10.8. The summed E-state index contributed by atoms with van der Waals surface area (Å²) in [5.74, 6) is 0.0711. The summed E-state index contributed by atoms with van der Waals surface area (Å²) in [4.78, 5) is 17.4. The molecule has 4 rings (SSSR count). The van der Waals surface area contributed by atoms with Crippen LogP contribution in [0.3, 0.4) is 0 Å². The Morgan fingerprint density at radius 1 is 0.833 bits per heavy atom. The third-order valence-electron chi connectivity index (χ3n) is 5.06. The fraction of sp³-hybridized carbons (Fsp3) is 0.154. The van der Waals surface area contributed by atoms with Crippen LogP contribution in [0, 0.1) is 0 Å². The zero-order valence-electron chi connectivity index (χ0n) is 16.7. The molecule has 30 heavy (non-hydrogen) atoms. The maximum Gasteiger partial charge on any atom is 0.221 e. The zero-order valence-corrected chi connectivity index (χ0v) is 17.5. The summed E-state index contributed by atoms with van der Waals surface area (Å²) in [6, 6.07) is 30.7. The first-order valence-electron chi connectivity index (χ1n) is 10.1. The van der Waals surface area contributed by atoms with Crippen molar-refractivity contribution in [1.29, 1.82) is 0 Å². The minimum atomic E-state index is 0.0327. The number of benzene rings is 3. The first kappa shape index (κ1) is 20.0. The maximum absolute atomic E-state index is 12.7. The molecule has 0 atom stereocenters. The molecule has 0 aliphatic heterocycles. The molecule has 0 saturated heterocycles. The van der Waals surface area contributed by atoms with Crippen LogP contribution in [0.1, 0.15) is 39.7 Å². The van der Waals surface area contributed by atoms with E-state index < -0.39 is 0 Å². The van der Waals surface area contributed by atoms with Crippen LogP contribution in [0.2, 0.25) is 0 Å². The molecule has 0 spiro atoms. The van der Waals surface area contributed by atoms with Gasteiger partial charge in [-0.15, -0.1) is 11.3 Å². The average Bonchev–Trinajstić information content (AvgIpc) is 3.25. The molecule has 3 aromatic carbocycles. The van der Waals surface area contributed by atoms with Crippen molar-refractivity contribution in [2.75, 3.05) is 0 Å². The lowest BCUT2D eigenvalue weighted by molar-refractivity contribution is -0.121. The van der Waals surface area contributed by atoms with Crippen LogP contribution in [0.25, 0.3) is 0 Å². The lowest BCUT2D eigenvalue weighted by Gasteiger charge is -2.17. The Morgan fingerprint density at radius 2 is 1.40 bits per heavy atom. The summed E-state index contributed by atoms with van der Waals surface area (Å²) in [6.45, 7) is 0.459. The summed E-state index contributed by atoms with van der Waals surface area (Å²) in [5, 5.41) is 6.15. The first-order chi connectivity index (χ1) is 14.8. The molecule has 0 saturated carbocycles. The van der Waals surface area contributed by atoms with E-state index in [0.717, 1.165) is 28.2 Å². The second kappa shape index (κ2) is 9.99. The predicted molar refractivity (Wildman–Crippen MR) is 123 cm³/mol. The highest BCUT2D eigenvalue weighted by molar-refractivity contribution is 7.09. The highest BCUT2D eigenvalue weighted by atomic mass is 32.1. The first-order valence-corrected chi connectivity index (χ1v) is 11.0. The number of carbonyl (C=O) groups excluding carboxylic acids is 1. The van der Waals surface area contributed by atoms with Crippen molar-refractivity contribution in [1.82, 2.24) is 10.3 Å². The van der Waals surface area contributed by atoms with Gasteiger partial charge in [-0.2, -0.15) is 0 Å². The van der Waals surface area contributed by atoms with Gasteiger partial charge in [-0.1, -0.05) is 91.0 Å². The molecule has 0 radical (unpaired) electrons. The number of carbonyl (C=O) groups is 1. The average molecular weight is 413 g/mol.